The lowest BCUT2D eigenvalue weighted by atomic mass is 9.98. The summed E-state index contributed by atoms with van der Waals surface area (Å²) in [6.45, 7) is 7.60. The average Bonchev–Trinajstić information content (AvgIpc) is 2.57. The van der Waals surface area contributed by atoms with Crippen LogP contribution >= 0.6 is 11.8 Å². The van der Waals surface area contributed by atoms with Gasteiger partial charge in [0, 0.05) is 6.04 Å². The van der Waals surface area contributed by atoms with E-state index in [4.69, 9.17) is 4.74 Å². The summed E-state index contributed by atoms with van der Waals surface area (Å²) < 4.78 is 5.29. The zero-order chi connectivity index (χ0) is 16.3. The van der Waals surface area contributed by atoms with Crippen LogP contribution in [0.4, 0.5) is 4.79 Å². The lowest BCUT2D eigenvalue weighted by Crippen LogP contribution is -2.55. The van der Waals surface area contributed by atoms with Crippen molar-refractivity contribution in [3.63, 3.8) is 0 Å². The van der Waals surface area contributed by atoms with Crippen LogP contribution in [0.15, 0.2) is 0 Å². The minimum Gasteiger partial charge on any atom is -0.444 e. The fraction of sp³-hybridized carbons (Fsp3) is 0.875. The molecule has 2 amide bonds. The highest BCUT2D eigenvalue weighted by atomic mass is 32.2. The van der Waals surface area contributed by atoms with Gasteiger partial charge < -0.3 is 15.0 Å². The maximum absolute atomic E-state index is 12.9. The topological polar surface area (TPSA) is 58.6 Å². The molecule has 5 nitrogen and oxygen atoms in total. The second-order valence-corrected chi connectivity index (χ2v) is 8.34. The van der Waals surface area contributed by atoms with Crippen LogP contribution in [0, 0.1) is 0 Å². The Morgan fingerprint density at radius 2 is 2.09 bits per heavy atom. The first kappa shape index (κ1) is 17.4. The van der Waals surface area contributed by atoms with Crippen molar-refractivity contribution >= 4 is 23.8 Å². The molecule has 2 rings (SSSR count). The highest BCUT2D eigenvalue weighted by Crippen LogP contribution is 2.35. The Bertz CT molecular complexity index is 422. The number of carbonyl (C=O) groups excluding carboxylic acids is 2. The van der Waals surface area contributed by atoms with Gasteiger partial charge in [-0.25, -0.2) is 4.79 Å². The van der Waals surface area contributed by atoms with Crippen molar-refractivity contribution in [1.29, 1.82) is 0 Å². The molecule has 3 atom stereocenters. The largest absolute Gasteiger partial charge is 0.444 e. The van der Waals surface area contributed by atoms with Crippen molar-refractivity contribution in [2.24, 2.45) is 0 Å². The first-order valence-electron chi connectivity index (χ1n) is 8.25. The summed E-state index contributed by atoms with van der Waals surface area (Å²) in [6, 6.07) is -0.153. The van der Waals surface area contributed by atoms with Gasteiger partial charge >= 0.3 is 6.09 Å². The Hall–Kier alpha value is -0.910. The van der Waals surface area contributed by atoms with Gasteiger partial charge in [-0.15, -0.1) is 11.8 Å². The summed E-state index contributed by atoms with van der Waals surface area (Å²) >= 11 is 1.85. The number of nitrogens with zero attached hydrogens (tertiary/aromatic N) is 1. The maximum Gasteiger partial charge on any atom is 0.408 e. The quantitative estimate of drug-likeness (QED) is 0.846. The number of thioether (sulfide) groups is 1. The second kappa shape index (κ2) is 7.11. The summed E-state index contributed by atoms with van der Waals surface area (Å²) in [5, 5.41) is 3.05. The van der Waals surface area contributed by atoms with E-state index in [0.717, 1.165) is 25.0 Å². The average molecular weight is 328 g/mol. The van der Waals surface area contributed by atoms with Gasteiger partial charge in [0.15, 0.2) is 0 Å². The highest BCUT2D eigenvalue weighted by molar-refractivity contribution is 7.99. The van der Waals surface area contributed by atoms with Gasteiger partial charge in [-0.1, -0.05) is 6.92 Å². The van der Waals surface area contributed by atoms with Gasteiger partial charge in [-0.05, 0) is 58.6 Å². The highest BCUT2D eigenvalue weighted by Gasteiger charge is 2.39. The van der Waals surface area contributed by atoms with Gasteiger partial charge in [0.1, 0.15) is 11.6 Å². The standard InChI is InChI=1S/C16H28N2O3S/c1-5-11-7-6-8-13-18(11)14(19)12(9-10-22-13)17-15(20)21-16(2,3)4/h11-13H,5-10H2,1-4H3,(H,17,20)/t11-,12+,13?/m1/s1. The normalized spacial score (nSPS) is 29.5. The van der Waals surface area contributed by atoms with Gasteiger partial charge in [-0.2, -0.15) is 0 Å². The molecule has 0 spiro atoms. The Morgan fingerprint density at radius 1 is 1.36 bits per heavy atom. The van der Waals surface area contributed by atoms with E-state index in [1.54, 1.807) is 0 Å². The molecular formula is C16H28N2O3S. The van der Waals surface area contributed by atoms with E-state index in [2.05, 4.69) is 12.2 Å². The van der Waals surface area contributed by atoms with E-state index in [1.165, 1.54) is 6.42 Å². The summed E-state index contributed by atoms with van der Waals surface area (Å²) in [5.41, 5.74) is -0.549. The molecule has 0 aromatic rings. The number of piperidine rings is 1. The van der Waals surface area contributed by atoms with E-state index in [-0.39, 0.29) is 11.3 Å². The minimum absolute atomic E-state index is 0.0624. The van der Waals surface area contributed by atoms with Gasteiger partial charge in [0.25, 0.3) is 0 Å². The Kier molecular flexibility index (Phi) is 5.64. The molecule has 0 aliphatic carbocycles. The first-order chi connectivity index (χ1) is 10.3. The third-order valence-electron chi connectivity index (χ3n) is 4.12. The predicted octanol–water partition coefficient (Wildman–Crippen LogP) is 3.13. The number of amides is 2. The molecule has 1 unspecified atom stereocenters. The molecule has 22 heavy (non-hydrogen) atoms. The number of nitrogens with one attached hydrogen (secondary N) is 1. The third-order valence-corrected chi connectivity index (χ3v) is 5.44. The number of hydrogen-bond acceptors (Lipinski definition) is 4. The first-order valence-corrected chi connectivity index (χ1v) is 9.30. The number of carbonyl (C=O) groups is 2. The molecule has 6 heteroatoms. The van der Waals surface area contributed by atoms with Crippen LogP contribution in [0.2, 0.25) is 0 Å². The molecule has 2 aliphatic heterocycles. The molecule has 0 aromatic carbocycles. The Labute approximate surface area is 137 Å². The lowest BCUT2D eigenvalue weighted by Gasteiger charge is -2.41. The van der Waals surface area contributed by atoms with E-state index < -0.39 is 17.7 Å². The maximum atomic E-state index is 12.9. The van der Waals surface area contributed by atoms with Crippen LogP contribution in [0.1, 0.15) is 59.8 Å². The third kappa shape index (κ3) is 4.31. The van der Waals surface area contributed by atoms with Crippen LogP contribution in [-0.2, 0) is 9.53 Å². The van der Waals surface area contributed by atoms with Crippen LogP contribution < -0.4 is 5.32 Å². The van der Waals surface area contributed by atoms with Crippen molar-refractivity contribution in [2.45, 2.75) is 82.9 Å². The smallest absolute Gasteiger partial charge is 0.408 e. The molecule has 1 N–H and O–H groups in total. The van der Waals surface area contributed by atoms with Crippen LogP contribution in [0.5, 0.6) is 0 Å². The number of alkyl carbamates (subject to hydrolysis) is 1. The molecule has 2 heterocycles. The molecule has 2 aliphatic rings. The molecule has 0 bridgehead atoms. The van der Waals surface area contributed by atoms with Crippen LogP contribution in [-0.4, -0.2) is 45.7 Å². The molecule has 0 aromatic heterocycles. The number of rotatable bonds is 2. The molecule has 2 fully saturated rings. The SMILES string of the molecule is CC[C@@H]1CCCC2SCC[C@H](NC(=O)OC(C)(C)C)C(=O)N21. The van der Waals surface area contributed by atoms with Crippen molar-refractivity contribution in [2.75, 3.05) is 5.75 Å². The monoisotopic (exact) mass is 328 g/mol. The zero-order valence-corrected chi connectivity index (χ0v) is 14.9. The fourth-order valence-corrected chi connectivity index (χ4v) is 4.55. The molecule has 2 saturated heterocycles. The fourth-order valence-electron chi connectivity index (χ4n) is 3.14. The van der Waals surface area contributed by atoms with Crippen LogP contribution in [0.25, 0.3) is 0 Å². The van der Waals surface area contributed by atoms with Crippen molar-refractivity contribution in [3.8, 4) is 0 Å². The van der Waals surface area contributed by atoms with Crippen molar-refractivity contribution in [1.82, 2.24) is 10.2 Å². The number of hydrogen-bond donors (Lipinski definition) is 1. The molecule has 0 saturated carbocycles. The Morgan fingerprint density at radius 3 is 2.73 bits per heavy atom. The molecule has 0 radical (unpaired) electrons. The number of fused-ring (bicyclic) bond motifs is 1. The van der Waals surface area contributed by atoms with Gasteiger partial charge in [0.2, 0.25) is 5.91 Å². The Balaban J connectivity index is 2.06. The van der Waals surface area contributed by atoms with E-state index in [9.17, 15) is 9.59 Å². The lowest BCUT2D eigenvalue weighted by molar-refractivity contribution is -0.138. The van der Waals surface area contributed by atoms with E-state index >= 15 is 0 Å². The number of ether oxygens (including phenoxy) is 1. The molecular weight excluding hydrogens is 300 g/mol. The molecule has 126 valence electrons. The van der Waals surface area contributed by atoms with Gasteiger partial charge in [-0.3, -0.25) is 4.79 Å². The second-order valence-electron chi connectivity index (χ2n) is 7.05. The summed E-state index contributed by atoms with van der Waals surface area (Å²) in [6.07, 6.45) is 4.46. The van der Waals surface area contributed by atoms with Crippen molar-refractivity contribution < 1.29 is 14.3 Å². The van der Waals surface area contributed by atoms with Gasteiger partial charge in [0.05, 0.1) is 5.37 Å². The summed E-state index contributed by atoms with van der Waals surface area (Å²) in [7, 11) is 0. The summed E-state index contributed by atoms with van der Waals surface area (Å²) in [5.74, 6) is 0.955. The van der Waals surface area contributed by atoms with E-state index in [1.807, 2.05) is 37.4 Å². The van der Waals surface area contributed by atoms with Crippen LogP contribution in [0.3, 0.4) is 0 Å². The van der Waals surface area contributed by atoms with E-state index in [0.29, 0.717) is 12.5 Å². The van der Waals surface area contributed by atoms with Crippen molar-refractivity contribution in [3.05, 3.63) is 0 Å². The predicted molar refractivity (Wildman–Crippen MR) is 88.8 cm³/mol. The minimum atomic E-state index is -0.549. The summed E-state index contributed by atoms with van der Waals surface area (Å²) in [4.78, 5) is 26.9. The zero-order valence-electron chi connectivity index (χ0n) is 14.1.